The largest absolute Gasteiger partial charge is 0.559 e. The average Bonchev–Trinajstić information content (AvgIpc) is 0.722. The molecule has 0 amide bonds. The smallest absolute Gasteiger partial charge is 0.140 e. The fourth-order valence-electron chi connectivity index (χ4n) is 0. The van der Waals surface area contributed by atoms with Crippen molar-refractivity contribution in [2.75, 3.05) is 0 Å². The van der Waals surface area contributed by atoms with Crippen molar-refractivity contribution < 1.29 is 55.3 Å². The summed E-state index contributed by atoms with van der Waals surface area (Å²) in [7, 11) is 0. The number of halogens is 4. The molecule has 0 rings (SSSR count). The third kappa shape index (κ3) is 82.2. The maximum atomic E-state index is 9.69. The van der Waals surface area contributed by atoms with Crippen LogP contribution in [0.15, 0.2) is 0 Å². The van der Waals surface area contributed by atoms with Gasteiger partial charge in [-0.25, -0.2) is 0 Å². The van der Waals surface area contributed by atoms with Crippen LogP contribution in [0.25, 0.3) is 0 Å². The molecule has 0 unspecified atom stereocenters. The first-order valence-electron chi connectivity index (χ1n) is 0.756. The Balaban J connectivity index is 0. The minimum Gasteiger partial charge on any atom is -0.140 e. The van der Waals surface area contributed by atoms with Crippen molar-refractivity contribution in [3.05, 3.63) is 0 Å². The van der Waals surface area contributed by atoms with Crippen LogP contribution in [0.5, 0.6) is 0 Å². The zero-order chi connectivity index (χ0) is 4.50. The maximum absolute atomic E-state index is 9.69. The molecule has 0 aliphatic heterocycles. The first-order valence-corrected chi connectivity index (χ1v) is 0.756. The number of hydrogen-bond acceptors (Lipinski definition) is 0. The van der Waals surface area contributed by atoms with E-state index in [4.69, 9.17) is 0 Å². The van der Waals surface area contributed by atoms with Crippen molar-refractivity contribution in [3.8, 4) is 0 Å². The zero-order valence-corrected chi connectivity index (χ0v) is 3.07. The monoisotopic (exact) mass is 128 g/mol. The fraction of sp³-hybridized carbons (Fsp3) is 1.00. The van der Waals surface area contributed by atoms with Crippen molar-refractivity contribution in [3.63, 3.8) is 0 Å². The van der Waals surface area contributed by atoms with E-state index in [-0.39, 0.29) is 37.7 Å². The molecule has 6 heavy (non-hydrogen) atoms. The third-order valence-electron chi connectivity index (χ3n) is 0. The molecular formula is CArF4. The molecule has 0 aliphatic rings. The minimum atomic E-state index is -5.50. The van der Waals surface area contributed by atoms with Gasteiger partial charge in [-0.05, 0) is 0 Å². The van der Waals surface area contributed by atoms with Crippen LogP contribution in [0.2, 0.25) is 0 Å². The predicted octanol–water partition coefficient (Wildman–Crippen LogP) is 1.48. The minimum absolute atomic E-state index is 0. The van der Waals surface area contributed by atoms with Crippen molar-refractivity contribution in [2.24, 2.45) is 0 Å². The topological polar surface area (TPSA) is 0 Å². The Kier molecular flexibility index (Phi) is 5.11. The van der Waals surface area contributed by atoms with Gasteiger partial charge in [-0.3, -0.25) is 0 Å². The van der Waals surface area contributed by atoms with Crippen LogP contribution in [0, 0.1) is 37.7 Å². The van der Waals surface area contributed by atoms with E-state index in [0.717, 1.165) is 0 Å². The Morgan fingerprint density at radius 1 is 0.833 bits per heavy atom. The molecule has 0 fully saturated rings. The summed E-state index contributed by atoms with van der Waals surface area (Å²) in [5, 5.41) is 0. The average molecular weight is 128 g/mol. The van der Waals surface area contributed by atoms with Gasteiger partial charge in [-0.1, -0.05) is 0 Å². The van der Waals surface area contributed by atoms with Gasteiger partial charge in [0.15, 0.2) is 0 Å². The third-order valence-corrected chi connectivity index (χ3v) is 0. The molecule has 0 saturated carbocycles. The molecule has 0 bridgehead atoms. The van der Waals surface area contributed by atoms with Gasteiger partial charge in [-0.2, -0.15) is 0 Å². The molecular weight excluding hydrogens is 128 g/mol. The van der Waals surface area contributed by atoms with Crippen molar-refractivity contribution in [1.82, 2.24) is 0 Å². The Hall–Kier alpha value is 0.980. The zero-order valence-electron chi connectivity index (χ0n) is 2.37. The van der Waals surface area contributed by atoms with Gasteiger partial charge in [0.1, 0.15) is 0 Å². The van der Waals surface area contributed by atoms with E-state index in [1.807, 2.05) is 0 Å². The van der Waals surface area contributed by atoms with Gasteiger partial charge in [0.05, 0.1) is 0 Å². The Morgan fingerprint density at radius 3 is 0.833 bits per heavy atom. The second kappa shape index (κ2) is 3.04. The summed E-state index contributed by atoms with van der Waals surface area (Å²) < 4.78 is 38.8. The molecule has 0 heterocycles. The summed E-state index contributed by atoms with van der Waals surface area (Å²) >= 11 is 0. The molecule has 0 saturated heterocycles. The molecule has 5 heteroatoms. The molecule has 0 atom stereocenters. The Labute approximate surface area is 61.5 Å². The van der Waals surface area contributed by atoms with Crippen LogP contribution in [0.1, 0.15) is 0 Å². The first-order chi connectivity index (χ1) is 2.00. The normalized spacial score (nSPS) is 10.0. The number of hydrogen-bond donors (Lipinski definition) is 0. The molecule has 0 aromatic rings. The molecule has 0 aromatic heterocycles. The quantitative estimate of drug-likeness (QED) is 0.433. The fourth-order valence-corrected chi connectivity index (χ4v) is 0. The number of alkyl halides is 4. The van der Waals surface area contributed by atoms with Crippen molar-refractivity contribution >= 4 is 0 Å². The van der Waals surface area contributed by atoms with Gasteiger partial charge in [0.2, 0.25) is 0 Å². The van der Waals surface area contributed by atoms with Crippen LogP contribution in [-0.4, -0.2) is 6.43 Å². The molecule has 0 aromatic carbocycles. The van der Waals surface area contributed by atoms with Crippen LogP contribution >= 0.6 is 0 Å². The molecule has 0 spiro atoms. The van der Waals surface area contributed by atoms with Crippen LogP contribution in [-0.2, 0) is 0 Å². The Morgan fingerprint density at radius 2 is 0.833 bits per heavy atom. The molecule has 0 N–H and O–H groups in total. The van der Waals surface area contributed by atoms with E-state index in [9.17, 15) is 17.6 Å². The predicted molar refractivity (Wildman–Crippen MR) is 7.16 cm³/mol. The second-order valence-corrected chi connectivity index (χ2v) is 0.429. The summed E-state index contributed by atoms with van der Waals surface area (Å²) in [6, 6.07) is 0. The summed E-state index contributed by atoms with van der Waals surface area (Å²) in [4.78, 5) is 0. The van der Waals surface area contributed by atoms with E-state index in [1.165, 1.54) is 0 Å². The van der Waals surface area contributed by atoms with Crippen molar-refractivity contribution in [2.45, 2.75) is 6.43 Å². The van der Waals surface area contributed by atoms with Gasteiger partial charge < -0.3 is 0 Å². The summed E-state index contributed by atoms with van der Waals surface area (Å²) in [6.07, 6.45) is -5.50. The van der Waals surface area contributed by atoms with Crippen LogP contribution < -0.4 is 0 Å². The van der Waals surface area contributed by atoms with Crippen LogP contribution in [0.3, 0.4) is 0 Å². The van der Waals surface area contributed by atoms with Gasteiger partial charge >= 0.3 is 6.43 Å². The van der Waals surface area contributed by atoms with E-state index >= 15 is 0 Å². The van der Waals surface area contributed by atoms with E-state index < -0.39 is 6.43 Å². The first kappa shape index (κ1) is 10.1. The van der Waals surface area contributed by atoms with Gasteiger partial charge in [-0.15, -0.1) is 17.6 Å². The van der Waals surface area contributed by atoms with Crippen molar-refractivity contribution in [1.29, 1.82) is 0 Å². The van der Waals surface area contributed by atoms with Gasteiger partial charge in [0.25, 0.3) is 0 Å². The molecule has 0 radical (unpaired) electrons. The molecule has 0 aliphatic carbocycles. The standard InChI is InChI=1S/CF4.Ar/c2-1(3,4)5;. The summed E-state index contributed by atoms with van der Waals surface area (Å²) in [5.41, 5.74) is 0. The second-order valence-electron chi connectivity index (χ2n) is 0.429. The van der Waals surface area contributed by atoms with Crippen LogP contribution in [0.4, 0.5) is 17.6 Å². The SMILES string of the molecule is FC(F)(F)F.[Ar]. The Bertz CT molecular complexity index is 23.0. The summed E-state index contributed by atoms with van der Waals surface area (Å²) in [6.45, 7) is 0. The van der Waals surface area contributed by atoms with E-state index in [2.05, 4.69) is 0 Å². The van der Waals surface area contributed by atoms with E-state index in [0.29, 0.717) is 0 Å². The molecule has 40 valence electrons. The van der Waals surface area contributed by atoms with E-state index in [1.54, 1.807) is 0 Å². The maximum Gasteiger partial charge on any atom is 0.559 e. The number of rotatable bonds is 0. The summed E-state index contributed by atoms with van der Waals surface area (Å²) in [5.74, 6) is 0. The van der Waals surface area contributed by atoms with Gasteiger partial charge in [0, 0.05) is 37.7 Å². The molecule has 0 nitrogen and oxygen atoms in total.